The average Bonchev–Trinajstić information content (AvgIpc) is 2.97. The minimum atomic E-state index is -0.545. The van der Waals surface area contributed by atoms with Crippen molar-refractivity contribution in [3.05, 3.63) is 45.4 Å². The SMILES string of the molecule is CC(C)(C)c1csc(NC(=O)/C(C#N)=C\c2ccc(O)c(Cl)c2)n1. The molecule has 0 aliphatic rings. The Kier molecular flexibility index (Phi) is 5.27. The number of nitrogens with zero attached hydrogens (tertiary/aromatic N) is 2. The zero-order valence-corrected chi connectivity index (χ0v) is 15.0. The van der Waals surface area contributed by atoms with Crippen molar-refractivity contribution in [3.63, 3.8) is 0 Å². The van der Waals surface area contributed by atoms with Crippen LogP contribution in [0, 0.1) is 11.3 Å². The molecule has 2 N–H and O–H groups in total. The van der Waals surface area contributed by atoms with Gasteiger partial charge in [-0.1, -0.05) is 38.4 Å². The van der Waals surface area contributed by atoms with E-state index in [0.717, 1.165) is 5.69 Å². The molecular weight excluding hydrogens is 346 g/mol. The fraction of sp³-hybridized carbons (Fsp3) is 0.235. The normalized spacial score (nSPS) is 11.9. The molecule has 1 heterocycles. The first-order valence-corrected chi connectivity index (χ1v) is 8.34. The van der Waals surface area contributed by atoms with Crippen molar-refractivity contribution >= 4 is 40.1 Å². The first kappa shape index (κ1) is 18.0. The van der Waals surface area contributed by atoms with Crippen LogP contribution in [0.25, 0.3) is 6.08 Å². The second-order valence-corrected chi connectivity index (χ2v) is 7.39. The first-order chi connectivity index (χ1) is 11.2. The zero-order chi connectivity index (χ0) is 17.9. The number of hydrogen-bond acceptors (Lipinski definition) is 5. The standard InChI is InChI=1S/C17H16ClN3O2S/c1-17(2,3)14-9-24-16(20-14)21-15(23)11(8-19)6-10-4-5-13(22)12(18)7-10/h4-7,9,22H,1-3H3,(H,20,21,23)/b11-6-. The summed E-state index contributed by atoms with van der Waals surface area (Å²) in [7, 11) is 0. The molecule has 1 amide bonds. The van der Waals surface area contributed by atoms with E-state index in [0.29, 0.717) is 10.7 Å². The summed E-state index contributed by atoms with van der Waals surface area (Å²) in [6.07, 6.45) is 1.40. The summed E-state index contributed by atoms with van der Waals surface area (Å²) >= 11 is 7.13. The molecule has 0 bridgehead atoms. The third-order valence-corrected chi connectivity index (χ3v) is 4.20. The summed E-state index contributed by atoms with van der Waals surface area (Å²) in [5, 5.41) is 23.7. The van der Waals surface area contributed by atoms with Gasteiger partial charge in [0.1, 0.15) is 17.4 Å². The average molecular weight is 362 g/mol. The molecule has 0 fully saturated rings. The fourth-order valence-electron chi connectivity index (χ4n) is 1.77. The highest BCUT2D eigenvalue weighted by Crippen LogP contribution is 2.27. The summed E-state index contributed by atoms with van der Waals surface area (Å²) < 4.78 is 0. The summed E-state index contributed by atoms with van der Waals surface area (Å²) in [6, 6.07) is 6.30. The number of carbonyl (C=O) groups is 1. The number of halogens is 1. The van der Waals surface area contributed by atoms with E-state index in [2.05, 4.69) is 10.3 Å². The van der Waals surface area contributed by atoms with Crippen LogP contribution in [0.1, 0.15) is 32.0 Å². The second kappa shape index (κ2) is 7.04. The quantitative estimate of drug-likeness (QED) is 0.628. The van der Waals surface area contributed by atoms with Crippen molar-refractivity contribution in [1.29, 1.82) is 5.26 Å². The van der Waals surface area contributed by atoms with E-state index >= 15 is 0 Å². The minimum absolute atomic E-state index is 0.0609. The molecule has 0 aliphatic heterocycles. The van der Waals surface area contributed by atoms with Crippen LogP contribution in [0.15, 0.2) is 29.2 Å². The maximum atomic E-state index is 12.2. The molecule has 124 valence electrons. The van der Waals surface area contributed by atoms with Crippen LogP contribution in [0.3, 0.4) is 0 Å². The Labute approximate surface area is 149 Å². The number of benzene rings is 1. The molecule has 0 atom stereocenters. The monoisotopic (exact) mass is 361 g/mol. The highest BCUT2D eigenvalue weighted by Gasteiger charge is 2.19. The molecule has 0 spiro atoms. The lowest BCUT2D eigenvalue weighted by Gasteiger charge is -2.14. The number of amides is 1. The highest BCUT2D eigenvalue weighted by molar-refractivity contribution is 7.14. The molecule has 0 saturated carbocycles. The summed E-state index contributed by atoms with van der Waals surface area (Å²) in [5.74, 6) is -0.606. The van der Waals surface area contributed by atoms with Gasteiger partial charge in [0.25, 0.3) is 5.91 Å². The largest absolute Gasteiger partial charge is 0.506 e. The Morgan fingerprint density at radius 1 is 1.46 bits per heavy atom. The topological polar surface area (TPSA) is 86.0 Å². The number of carbonyl (C=O) groups excluding carboxylic acids is 1. The molecule has 7 heteroatoms. The number of thiazole rings is 1. The molecule has 2 aromatic rings. The van der Waals surface area contributed by atoms with E-state index in [4.69, 9.17) is 11.6 Å². The smallest absolute Gasteiger partial charge is 0.268 e. The Morgan fingerprint density at radius 2 is 2.17 bits per heavy atom. The maximum absolute atomic E-state index is 12.2. The van der Waals surface area contributed by atoms with Crippen LogP contribution in [-0.2, 0) is 10.2 Å². The van der Waals surface area contributed by atoms with Crippen LogP contribution < -0.4 is 5.32 Å². The van der Waals surface area contributed by atoms with E-state index in [1.807, 2.05) is 32.2 Å². The van der Waals surface area contributed by atoms with E-state index in [9.17, 15) is 15.2 Å². The van der Waals surface area contributed by atoms with Crippen LogP contribution in [0.4, 0.5) is 5.13 Å². The van der Waals surface area contributed by atoms with Crippen molar-refractivity contribution in [3.8, 4) is 11.8 Å². The lowest BCUT2D eigenvalue weighted by Crippen LogP contribution is -2.15. The van der Waals surface area contributed by atoms with Crippen LogP contribution in [0.2, 0.25) is 5.02 Å². The first-order valence-electron chi connectivity index (χ1n) is 7.08. The van der Waals surface area contributed by atoms with Gasteiger partial charge in [0, 0.05) is 10.8 Å². The van der Waals surface area contributed by atoms with Crippen molar-refractivity contribution < 1.29 is 9.90 Å². The number of aromatic nitrogens is 1. The van der Waals surface area contributed by atoms with Gasteiger partial charge in [0.15, 0.2) is 5.13 Å². The number of hydrogen-bond donors (Lipinski definition) is 2. The molecule has 0 saturated heterocycles. The highest BCUT2D eigenvalue weighted by atomic mass is 35.5. The van der Waals surface area contributed by atoms with Crippen molar-refractivity contribution in [2.24, 2.45) is 0 Å². The number of nitriles is 1. The Morgan fingerprint density at radius 3 is 2.71 bits per heavy atom. The van der Waals surface area contributed by atoms with Crippen LogP contribution in [0.5, 0.6) is 5.75 Å². The molecule has 1 aromatic heterocycles. The number of aromatic hydroxyl groups is 1. The Bertz CT molecular complexity index is 844. The lowest BCUT2D eigenvalue weighted by molar-refractivity contribution is -0.112. The van der Waals surface area contributed by atoms with Gasteiger partial charge in [-0.15, -0.1) is 11.3 Å². The van der Waals surface area contributed by atoms with E-state index in [1.165, 1.54) is 29.5 Å². The molecule has 5 nitrogen and oxygen atoms in total. The third-order valence-electron chi connectivity index (χ3n) is 3.14. The molecule has 1 aromatic carbocycles. The minimum Gasteiger partial charge on any atom is -0.506 e. The van der Waals surface area contributed by atoms with Crippen molar-refractivity contribution in [2.75, 3.05) is 5.32 Å². The molecule has 0 aliphatic carbocycles. The van der Waals surface area contributed by atoms with Gasteiger partial charge in [-0.05, 0) is 23.8 Å². The van der Waals surface area contributed by atoms with Gasteiger partial charge in [-0.2, -0.15) is 5.26 Å². The second-order valence-electron chi connectivity index (χ2n) is 6.12. The third kappa shape index (κ3) is 4.34. The van der Waals surface area contributed by atoms with Crippen molar-refractivity contribution in [1.82, 2.24) is 4.98 Å². The van der Waals surface area contributed by atoms with Gasteiger partial charge >= 0.3 is 0 Å². The van der Waals surface area contributed by atoms with E-state index in [-0.39, 0.29) is 21.8 Å². The maximum Gasteiger partial charge on any atom is 0.268 e. The van der Waals surface area contributed by atoms with Gasteiger partial charge in [-0.3, -0.25) is 10.1 Å². The van der Waals surface area contributed by atoms with E-state index in [1.54, 1.807) is 6.07 Å². The fourth-order valence-corrected chi connectivity index (χ4v) is 2.89. The Balaban J connectivity index is 2.20. The van der Waals surface area contributed by atoms with Crippen LogP contribution in [-0.4, -0.2) is 16.0 Å². The summed E-state index contributed by atoms with van der Waals surface area (Å²) in [6.45, 7) is 6.09. The predicted octanol–water partition coefficient (Wildman–Crippen LogP) is 4.35. The lowest BCUT2D eigenvalue weighted by atomic mass is 9.93. The zero-order valence-electron chi connectivity index (χ0n) is 13.4. The summed E-state index contributed by atoms with van der Waals surface area (Å²) in [4.78, 5) is 16.6. The van der Waals surface area contributed by atoms with Gasteiger partial charge < -0.3 is 5.11 Å². The number of anilines is 1. The molecule has 0 radical (unpaired) electrons. The number of rotatable bonds is 3. The predicted molar refractivity (Wildman–Crippen MR) is 96.2 cm³/mol. The summed E-state index contributed by atoms with van der Waals surface area (Å²) in [5.41, 5.74) is 1.22. The number of nitrogens with one attached hydrogen (secondary N) is 1. The molecule has 2 rings (SSSR count). The van der Waals surface area contributed by atoms with E-state index < -0.39 is 5.91 Å². The van der Waals surface area contributed by atoms with Gasteiger partial charge in [-0.25, -0.2) is 4.98 Å². The Hall–Kier alpha value is -2.36. The number of phenols is 1. The molecule has 0 unspecified atom stereocenters. The van der Waals surface area contributed by atoms with Crippen molar-refractivity contribution in [2.45, 2.75) is 26.2 Å². The molecular formula is C17H16ClN3O2S. The number of phenolic OH excluding ortho intramolecular Hbond substituents is 1. The van der Waals surface area contributed by atoms with Gasteiger partial charge in [0.2, 0.25) is 0 Å². The van der Waals surface area contributed by atoms with Crippen LogP contribution >= 0.6 is 22.9 Å². The molecule has 24 heavy (non-hydrogen) atoms. The van der Waals surface area contributed by atoms with Gasteiger partial charge in [0.05, 0.1) is 10.7 Å².